The Morgan fingerprint density at radius 3 is 2.53 bits per heavy atom. The molecule has 2 aliphatic rings. The molecule has 1 fully saturated rings. The van der Waals surface area contributed by atoms with Crippen molar-refractivity contribution in [3.63, 3.8) is 0 Å². The first-order valence-corrected chi connectivity index (χ1v) is 11.9. The van der Waals surface area contributed by atoms with Crippen molar-refractivity contribution in [2.24, 2.45) is 0 Å². The second-order valence-corrected chi connectivity index (χ2v) is 9.89. The van der Waals surface area contributed by atoms with Crippen LogP contribution in [0.1, 0.15) is 34.7 Å². The fraction of sp³-hybridized carbons (Fsp3) is 0.450. The molecule has 1 spiro atoms. The number of ether oxygens (including phenoxy) is 1. The number of hydrogen-bond donors (Lipinski definition) is 2. The largest absolute Gasteiger partial charge is 0.501 e. The Hall–Kier alpha value is -2.83. The summed E-state index contributed by atoms with van der Waals surface area (Å²) in [6.45, 7) is 0.764. The van der Waals surface area contributed by atoms with Crippen LogP contribution in [-0.2, 0) is 33.5 Å². The second-order valence-electron chi connectivity index (χ2n) is 7.90. The third-order valence-corrected chi connectivity index (χ3v) is 7.13. The number of nitrogens with one attached hydrogen (secondary N) is 1. The summed E-state index contributed by atoms with van der Waals surface area (Å²) in [7, 11) is -3.37. The van der Waals surface area contributed by atoms with Gasteiger partial charge in [0.25, 0.3) is 11.5 Å². The highest BCUT2D eigenvalue weighted by molar-refractivity contribution is 7.88. The topological polar surface area (TPSA) is 131 Å². The van der Waals surface area contributed by atoms with E-state index in [9.17, 15) is 27.5 Å². The van der Waals surface area contributed by atoms with Crippen molar-refractivity contribution in [1.82, 2.24) is 19.2 Å². The number of carbonyl (C=O) groups excluding carboxylic acids is 1. The molecule has 1 aromatic heterocycles. The van der Waals surface area contributed by atoms with E-state index in [2.05, 4.69) is 10.3 Å². The Bertz CT molecular complexity index is 1200. The molecule has 1 amide bonds. The van der Waals surface area contributed by atoms with Gasteiger partial charge in [0.15, 0.2) is 5.69 Å². The molecule has 0 atom stereocenters. The summed E-state index contributed by atoms with van der Waals surface area (Å²) in [4.78, 5) is 29.8. The van der Waals surface area contributed by atoms with Crippen LogP contribution in [0.4, 0.5) is 4.39 Å². The average molecular weight is 466 g/mol. The van der Waals surface area contributed by atoms with Crippen LogP contribution in [0, 0.1) is 5.82 Å². The van der Waals surface area contributed by atoms with Crippen molar-refractivity contribution in [1.29, 1.82) is 0 Å². The Kier molecular flexibility index (Phi) is 5.77. The van der Waals surface area contributed by atoms with Gasteiger partial charge < -0.3 is 15.2 Å². The van der Waals surface area contributed by atoms with Crippen molar-refractivity contribution >= 4 is 15.9 Å². The molecule has 172 valence electrons. The summed E-state index contributed by atoms with van der Waals surface area (Å²) in [5, 5.41) is 12.9. The van der Waals surface area contributed by atoms with Crippen LogP contribution in [-0.4, -0.2) is 59.2 Å². The molecular formula is C20H23FN4O6S. The summed E-state index contributed by atoms with van der Waals surface area (Å²) in [5.41, 5.74) is -1.59. The van der Waals surface area contributed by atoms with Crippen LogP contribution < -0.4 is 10.9 Å². The highest BCUT2D eigenvalue weighted by Crippen LogP contribution is 2.38. The Morgan fingerprint density at radius 2 is 1.91 bits per heavy atom. The first kappa shape index (κ1) is 22.4. The average Bonchev–Trinajstić information content (AvgIpc) is 2.76. The van der Waals surface area contributed by atoms with Crippen LogP contribution in [0.25, 0.3) is 0 Å². The molecule has 0 saturated carbocycles. The van der Waals surface area contributed by atoms with Gasteiger partial charge in [-0.2, -0.15) is 0 Å². The van der Waals surface area contributed by atoms with Gasteiger partial charge in [-0.3, -0.25) is 14.2 Å². The highest BCUT2D eigenvalue weighted by atomic mass is 32.2. The van der Waals surface area contributed by atoms with E-state index in [1.165, 1.54) is 33.1 Å². The van der Waals surface area contributed by atoms with E-state index in [1.54, 1.807) is 0 Å². The lowest BCUT2D eigenvalue weighted by Gasteiger charge is -2.43. The van der Waals surface area contributed by atoms with Crippen LogP contribution in [0.2, 0.25) is 0 Å². The predicted octanol–water partition coefficient (Wildman–Crippen LogP) is 0.299. The van der Waals surface area contributed by atoms with Gasteiger partial charge in [0, 0.05) is 19.6 Å². The number of piperidine rings is 1. The molecule has 12 heteroatoms. The maximum absolute atomic E-state index is 13.1. The van der Waals surface area contributed by atoms with Gasteiger partial charge in [0.2, 0.25) is 15.8 Å². The molecule has 1 saturated heterocycles. The maximum Gasteiger partial charge on any atom is 0.296 e. The number of benzene rings is 1. The van der Waals surface area contributed by atoms with Gasteiger partial charge in [-0.05, 0) is 30.5 Å². The Balaban J connectivity index is 1.63. The van der Waals surface area contributed by atoms with E-state index >= 15 is 0 Å². The lowest BCUT2D eigenvalue weighted by atomic mass is 9.89. The van der Waals surface area contributed by atoms with Gasteiger partial charge in [-0.1, -0.05) is 12.1 Å². The van der Waals surface area contributed by atoms with Gasteiger partial charge >= 0.3 is 0 Å². The van der Waals surface area contributed by atoms with Crippen molar-refractivity contribution in [2.75, 3.05) is 26.0 Å². The summed E-state index contributed by atoms with van der Waals surface area (Å²) in [5.74, 6) is -1.74. The van der Waals surface area contributed by atoms with Crippen LogP contribution in [0.3, 0.4) is 0 Å². The number of amides is 1. The smallest absolute Gasteiger partial charge is 0.296 e. The molecule has 10 nitrogen and oxygen atoms in total. The SMILES string of the molecule is CS(=O)(=O)N1CCC2(CC1)OCCn1c2nc(C(=O)NCc2ccc(F)cc2)c(O)c1=O. The maximum atomic E-state index is 13.1. The first-order chi connectivity index (χ1) is 15.1. The number of aromatic hydroxyl groups is 1. The quantitative estimate of drug-likeness (QED) is 0.663. The number of carbonyl (C=O) groups is 1. The second kappa shape index (κ2) is 8.26. The zero-order valence-corrected chi connectivity index (χ0v) is 18.2. The number of fused-ring (bicyclic) bond motifs is 2. The predicted molar refractivity (Wildman–Crippen MR) is 111 cm³/mol. The molecule has 1 aromatic carbocycles. The number of nitrogens with zero attached hydrogens (tertiary/aromatic N) is 3. The summed E-state index contributed by atoms with van der Waals surface area (Å²) in [6.07, 6.45) is 1.65. The minimum atomic E-state index is -3.37. The van der Waals surface area contributed by atoms with Gasteiger partial charge in [-0.25, -0.2) is 22.1 Å². The van der Waals surface area contributed by atoms with Crippen molar-refractivity contribution in [3.8, 4) is 5.75 Å². The van der Waals surface area contributed by atoms with Gasteiger partial charge in [-0.15, -0.1) is 0 Å². The number of rotatable bonds is 4. The van der Waals surface area contributed by atoms with E-state index in [1.807, 2.05) is 0 Å². The van der Waals surface area contributed by atoms with Gasteiger partial charge in [0.1, 0.15) is 17.2 Å². The van der Waals surface area contributed by atoms with E-state index in [0.29, 0.717) is 5.56 Å². The first-order valence-electron chi connectivity index (χ1n) is 10.1. The summed E-state index contributed by atoms with van der Waals surface area (Å²) in [6, 6.07) is 5.52. The lowest BCUT2D eigenvalue weighted by Crippen LogP contribution is -2.52. The number of hydrogen-bond acceptors (Lipinski definition) is 7. The standard InChI is InChI=1S/C20H23FN4O6S/c1-32(29,30)24-8-6-20(7-9-24)19-23-15(16(26)18(28)25(19)10-11-31-20)17(27)22-12-13-2-4-14(21)5-3-13/h2-5,26H,6-12H2,1H3,(H,22,27). The minimum absolute atomic E-state index is 0.0453. The van der Waals surface area contributed by atoms with E-state index in [0.717, 1.165) is 6.26 Å². The third-order valence-electron chi connectivity index (χ3n) is 5.83. The lowest BCUT2D eigenvalue weighted by molar-refractivity contribution is -0.110. The zero-order valence-electron chi connectivity index (χ0n) is 17.4. The van der Waals surface area contributed by atoms with Crippen molar-refractivity contribution in [3.05, 3.63) is 57.5 Å². The molecule has 4 rings (SSSR count). The highest BCUT2D eigenvalue weighted by Gasteiger charge is 2.45. The molecular weight excluding hydrogens is 443 g/mol. The zero-order chi connectivity index (χ0) is 23.1. The minimum Gasteiger partial charge on any atom is -0.501 e. The molecule has 0 unspecified atom stereocenters. The number of sulfonamides is 1. The molecule has 0 bridgehead atoms. The Labute approximate surface area is 183 Å². The monoisotopic (exact) mass is 466 g/mol. The molecule has 32 heavy (non-hydrogen) atoms. The molecule has 2 N–H and O–H groups in total. The van der Waals surface area contributed by atoms with Crippen LogP contribution >= 0.6 is 0 Å². The summed E-state index contributed by atoms with van der Waals surface area (Å²) < 4.78 is 45.4. The number of halogens is 1. The Morgan fingerprint density at radius 1 is 1.25 bits per heavy atom. The van der Waals surface area contributed by atoms with Crippen LogP contribution in [0.5, 0.6) is 5.75 Å². The molecule has 0 aliphatic carbocycles. The molecule has 0 radical (unpaired) electrons. The normalized spacial score (nSPS) is 18.3. The number of aromatic nitrogens is 2. The van der Waals surface area contributed by atoms with Crippen molar-refractivity contribution in [2.45, 2.75) is 31.5 Å². The molecule has 3 heterocycles. The van der Waals surface area contributed by atoms with E-state index in [4.69, 9.17) is 4.74 Å². The molecule has 2 aromatic rings. The fourth-order valence-corrected chi connectivity index (χ4v) is 4.92. The van der Waals surface area contributed by atoms with Crippen molar-refractivity contribution < 1.29 is 27.4 Å². The van der Waals surface area contributed by atoms with Crippen LogP contribution in [0.15, 0.2) is 29.1 Å². The van der Waals surface area contributed by atoms with E-state index in [-0.39, 0.29) is 51.5 Å². The fourth-order valence-electron chi connectivity index (χ4n) is 4.07. The van der Waals surface area contributed by atoms with Gasteiger partial charge in [0.05, 0.1) is 19.4 Å². The summed E-state index contributed by atoms with van der Waals surface area (Å²) >= 11 is 0. The molecule has 2 aliphatic heterocycles. The third kappa shape index (κ3) is 4.12. The van der Waals surface area contributed by atoms with E-state index < -0.39 is 44.4 Å².